The average Bonchev–Trinajstić information content (AvgIpc) is 2.83. The van der Waals surface area contributed by atoms with Gasteiger partial charge in [-0.3, -0.25) is 0 Å². The summed E-state index contributed by atoms with van der Waals surface area (Å²) in [6, 6.07) is 8.98. The van der Waals surface area contributed by atoms with Gasteiger partial charge in [0.25, 0.3) is 0 Å². The molecule has 1 N–H and O–H groups in total. The quantitative estimate of drug-likeness (QED) is 0.908. The number of benzene rings is 1. The third-order valence-corrected chi connectivity index (χ3v) is 4.74. The SMILES string of the molecule is CNC1CCCc2cn(Cc3ccccc3Br)cc21. The maximum Gasteiger partial charge on any atom is 0.0481 e. The van der Waals surface area contributed by atoms with Crippen LogP contribution in [0.25, 0.3) is 0 Å². The van der Waals surface area contributed by atoms with E-state index in [1.54, 1.807) is 0 Å². The lowest BCUT2D eigenvalue weighted by Gasteiger charge is -2.21. The third kappa shape index (κ3) is 2.63. The van der Waals surface area contributed by atoms with Gasteiger partial charge in [0.2, 0.25) is 0 Å². The lowest BCUT2D eigenvalue weighted by molar-refractivity contribution is 0.498. The Bertz CT molecular complexity index is 574. The van der Waals surface area contributed by atoms with E-state index in [0.717, 1.165) is 6.54 Å². The summed E-state index contributed by atoms with van der Waals surface area (Å²) in [5, 5.41) is 3.43. The number of rotatable bonds is 3. The van der Waals surface area contributed by atoms with Crippen molar-refractivity contribution in [3.05, 3.63) is 57.8 Å². The van der Waals surface area contributed by atoms with Crippen molar-refractivity contribution in [2.45, 2.75) is 31.8 Å². The topological polar surface area (TPSA) is 17.0 Å². The highest BCUT2D eigenvalue weighted by Gasteiger charge is 2.20. The molecule has 1 atom stereocenters. The average molecular weight is 319 g/mol. The molecule has 1 aliphatic rings. The van der Waals surface area contributed by atoms with Crippen molar-refractivity contribution in [2.24, 2.45) is 0 Å². The summed E-state index contributed by atoms with van der Waals surface area (Å²) in [5.41, 5.74) is 4.33. The van der Waals surface area contributed by atoms with Crippen LogP contribution >= 0.6 is 15.9 Å². The second-order valence-corrected chi connectivity index (χ2v) is 6.09. The van der Waals surface area contributed by atoms with Crippen LogP contribution in [0.1, 0.15) is 35.6 Å². The highest BCUT2D eigenvalue weighted by atomic mass is 79.9. The van der Waals surface area contributed by atoms with Crippen LogP contribution in [0.15, 0.2) is 41.1 Å². The molecule has 0 saturated carbocycles. The first-order valence-electron chi connectivity index (χ1n) is 6.87. The zero-order chi connectivity index (χ0) is 13.2. The van der Waals surface area contributed by atoms with E-state index in [4.69, 9.17) is 0 Å². The Kier molecular flexibility index (Phi) is 3.76. The van der Waals surface area contributed by atoms with Crippen LogP contribution < -0.4 is 5.32 Å². The molecule has 0 amide bonds. The van der Waals surface area contributed by atoms with Gasteiger partial charge in [-0.25, -0.2) is 0 Å². The molecular weight excluding hydrogens is 300 g/mol. The van der Waals surface area contributed by atoms with Crippen molar-refractivity contribution >= 4 is 15.9 Å². The molecule has 0 aliphatic heterocycles. The van der Waals surface area contributed by atoms with E-state index in [9.17, 15) is 0 Å². The van der Waals surface area contributed by atoms with Gasteiger partial charge in [0.15, 0.2) is 0 Å². The van der Waals surface area contributed by atoms with Crippen LogP contribution in [-0.2, 0) is 13.0 Å². The fourth-order valence-corrected chi connectivity index (χ4v) is 3.37. The van der Waals surface area contributed by atoms with Crippen molar-refractivity contribution < 1.29 is 0 Å². The maximum atomic E-state index is 3.63. The van der Waals surface area contributed by atoms with Crippen LogP contribution in [0, 0.1) is 0 Å². The predicted octanol–water partition coefficient (Wildman–Crippen LogP) is 3.90. The Morgan fingerprint density at radius 1 is 1.32 bits per heavy atom. The summed E-state index contributed by atoms with van der Waals surface area (Å²) < 4.78 is 3.51. The minimum atomic E-state index is 0.532. The van der Waals surface area contributed by atoms with Gasteiger partial charge in [-0.2, -0.15) is 0 Å². The van der Waals surface area contributed by atoms with Gasteiger partial charge >= 0.3 is 0 Å². The lowest BCUT2D eigenvalue weighted by Crippen LogP contribution is -2.20. The van der Waals surface area contributed by atoms with Crippen molar-refractivity contribution in [1.82, 2.24) is 9.88 Å². The highest BCUT2D eigenvalue weighted by molar-refractivity contribution is 9.10. The number of nitrogens with zero attached hydrogens (tertiary/aromatic N) is 1. The Hall–Kier alpha value is -1.06. The van der Waals surface area contributed by atoms with E-state index < -0.39 is 0 Å². The zero-order valence-electron chi connectivity index (χ0n) is 11.2. The summed E-state index contributed by atoms with van der Waals surface area (Å²) in [6.07, 6.45) is 8.39. The summed E-state index contributed by atoms with van der Waals surface area (Å²) in [5.74, 6) is 0. The summed E-state index contributed by atoms with van der Waals surface area (Å²) in [7, 11) is 2.06. The number of halogens is 1. The molecule has 3 heteroatoms. The smallest absolute Gasteiger partial charge is 0.0481 e. The maximum absolute atomic E-state index is 3.63. The second kappa shape index (κ2) is 5.51. The molecule has 0 fully saturated rings. The standard InChI is InChI=1S/C16H19BrN2/c1-18-16-8-4-6-12-9-19(11-14(12)16)10-13-5-2-3-7-15(13)17/h2-3,5,7,9,11,16,18H,4,6,8,10H2,1H3. The number of aromatic nitrogens is 1. The van der Waals surface area contributed by atoms with Crippen molar-refractivity contribution in [2.75, 3.05) is 7.05 Å². The molecule has 2 aromatic rings. The van der Waals surface area contributed by atoms with E-state index in [-0.39, 0.29) is 0 Å². The first-order chi connectivity index (χ1) is 9.28. The van der Waals surface area contributed by atoms with Gasteiger partial charge in [0.05, 0.1) is 0 Å². The van der Waals surface area contributed by atoms with Gasteiger partial charge in [-0.1, -0.05) is 34.1 Å². The minimum absolute atomic E-state index is 0.532. The number of nitrogens with one attached hydrogen (secondary N) is 1. The molecule has 1 aromatic heterocycles. The molecule has 0 spiro atoms. The minimum Gasteiger partial charge on any atom is -0.349 e. The third-order valence-electron chi connectivity index (χ3n) is 3.97. The largest absolute Gasteiger partial charge is 0.349 e. The van der Waals surface area contributed by atoms with Gasteiger partial charge in [-0.05, 0) is 49.1 Å². The Balaban J connectivity index is 1.87. The zero-order valence-corrected chi connectivity index (χ0v) is 12.8. The number of hydrogen-bond acceptors (Lipinski definition) is 1. The summed E-state index contributed by atoms with van der Waals surface area (Å²) in [4.78, 5) is 0. The lowest BCUT2D eigenvalue weighted by atomic mass is 9.91. The fourth-order valence-electron chi connectivity index (χ4n) is 2.96. The number of aryl methyl sites for hydroxylation is 1. The van der Waals surface area contributed by atoms with E-state index >= 15 is 0 Å². The van der Waals surface area contributed by atoms with Gasteiger partial charge in [0, 0.05) is 29.5 Å². The molecule has 1 aliphatic carbocycles. The second-order valence-electron chi connectivity index (χ2n) is 5.24. The molecule has 1 unspecified atom stereocenters. The van der Waals surface area contributed by atoms with E-state index in [2.05, 4.69) is 69.5 Å². The van der Waals surface area contributed by atoms with E-state index in [0.29, 0.717) is 6.04 Å². The Morgan fingerprint density at radius 2 is 2.16 bits per heavy atom. The summed E-state index contributed by atoms with van der Waals surface area (Å²) in [6.45, 7) is 0.935. The highest BCUT2D eigenvalue weighted by Crippen LogP contribution is 2.30. The molecule has 19 heavy (non-hydrogen) atoms. The van der Waals surface area contributed by atoms with Crippen molar-refractivity contribution in [1.29, 1.82) is 0 Å². The number of hydrogen-bond donors (Lipinski definition) is 1. The molecule has 100 valence electrons. The van der Waals surface area contributed by atoms with Crippen LogP contribution in [0.2, 0.25) is 0 Å². The van der Waals surface area contributed by atoms with Gasteiger partial charge in [0.1, 0.15) is 0 Å². The normalized spacial score (nSPS) is 18.3. The molecule has 1 heterocycles. The molecule has 2 nitrogen and oxygen atoms in total. The van der Waals surface area contributed by atoms with Crippen molar-refractivity contribution in [3.8, 4) is 0 Å². The summed E-state index contributed by atoms with van der Waals surface area (Å²) >= 11 is 3.63. The van der Waals surface area contributed by atoms with E-state index in [1.165, 1.54) is 40.4 Å². The first-order valence-corrected chi connectivity index (χ1v) is 7.66. The Labute approximate surface area is 123 Å². The van der Waals surface area contributed by atoms with Crippen molar-refractivity contribution in [3.63, 3.8) is 0 Å². The molecule has 0 saturated heterocycles. The number of fused-ring (bicyclic) bond motifs is 1. The molecule has 1 aromatic carbocycles. The predicted molar refractivity (Wildman–Crippen MR) is 82.4 cm³/mol. The van der Waals surface area contributed by atoms with E-state index in [1.807, 2.05) is 0 Å². The first kappa shape index (κ1) is 12.9. The fraction of sp³-hybridized carbons (Fsp3) is 0.375. The molecule has 0 radical (unpaired) electrons. The van der Waals surface area contributed by atoms with Crippen LogP contribution in [0.3, 0.4) is 0 Å². The van der Waals surface area contributed by atoms with Crippen LogP contribution in [0.4, 0.5) is 0 Å². The molecule has 0 bridgehead atoms. The molecular formula is C16H19BrN2. The van der Waals surface area contributed by atoms with Crippen LogP contribution in [-0.4, -0.2) is 11.6 Å². The van der Waals surface area contributed by atoms with Gasteiger partial charge in [-0.15, -0.1) is 0 Å². The molecule has 3 rings (SSSR count). The monoisotopic (exact) mass is 318 g/mol. The van der Waals surface area contributed by atoms with Gasteiger partial charge < -0.3 is 9.88 Å². The van der Waals surface area contributed by atoms with Crippen LogP contribution in [0.5, 0.6) is 0 Å². The Morgan fingerprint density at radius 3 is 2.95 bits per heavy atom.